The highest BCUT2D eigenvalue weighted by Gasteiger charge is 2.54. The van der Waals surface area contributed by atoms with Crippen molar-refractivity contribution in [1.29, 1.82) is 0 Å². The lowest BCUT2D eigenvalue weighted by Gasteiger charge is -2.27. The molecule has 0 spiro atoms. The van der Waals surface area contributed by atoms with E-state index >= 15 is 0 Å². The lowest BCUT2D eigenvalue weighted by Crippen LogP contribution is -2.47. The van der Waals surface area contributed by atoms with Crippen LogP contribution in [0.15, 0.2) is 57.7 Å². The number of anilines is 2. The van der Waals surface area contributed by atoms with Crippen LogP contribution in [-0.4, -0.2) is 24.6 Å². The number of rotatable bonds is 7. The SMILES string of the molecule is C=CC[C@H]1CN(c2c(N)c(=O)c2=O)C[C@@]1(N=[N+]=[N-])C(=O)OCc1ccccc1. The number of nitrogens with two attached hydrogens (primary N) is 1. The van der Waals surface area contributed by atoms with Gasteiger partial charge in [-0.2, -0.15) is 0 Å². The first-order chi connectivity index (χ1) is 13.4. The van der Waals surface area contributed by atoms with E-state index in [2.05, 4.69) is 16.6 Å². The second kappa shape index (κ2) is 7.58. The number of nitrogens with zero attached hydrogens (tertiary/aromatic N) is 4. The summed E-state index contributed by atoms with van der Waals surface area (Å²) >= 11 is 0. The van der Waals surface area contributed by atoms with E-state index in [0.29, 0.717) is 6.42 Å². The van der Waals surface area contributed by atoms with Gasteiger partial charge in [0.25, 0.3) is 10.9 Å². The number of esters is 1. The molecule has 0 radical (unpaired) electrons. The molecule has 2 N–H and O–H groups in total. The van der Waals surface area contributed by atoms with Crippen molar-refractivity contribution in [2.75, 3.05) is 23.7 Å². The molecular formula is C19H19N5O4. The molecule has 3 rings (SSSR count). The molecule has 2 aromatic carbocycles. The van der Waals surface area contributed by atoms with Crippen LogP contribution >= 0.6 is 0 Å². The summed E-state index contributed by atoms with van der Waals surface area (Å²) < 4.78 is 5.44. The number of allylic oxidation sites excluding steroid dienone is 1. The first kappa shape index (κ1) is 19.2. The maximum Gasteiger partial charge on any atom is 0.320 e. The van der Waals surface area contributed by atoms with E-state index in [4.69, 9.17) is 16.0 Å². The Morgan fingerprint density at radius 3 is 2.71 bits per heavy atom. The number of hydrogen-bond acceptors (Lipinski definition) is 7. The van der Waals surface area contributed by atoms with Crippen LogP contribution in [0.2, 0.25) is 0 Å². The molecule has 2 atom stereocenters. The quantitative estimate of drug-likeness (QED) is 0.193. The van der Waals surface area contributed by atoms with E-state index in [9.17, 15) is 14.4 Å². The zero-order chi connectivity index (χ0) is 20.3. The Balaban J connectivity index is 1.90. The molecule has 0 amide bonds. The summed E-state index contributed by atoms with van der Waals surface area (Å²) in [6.07, 6.45) is 1.96. The van der Waals surface area contributed by atoms with E-state index < -0.39 is 28.3 Å². The summed E-state index contributed by atoms with van der Waals surface area (Å²) in [6, 6.07) is 9.09. The van der Waals surface area contributed by atoms with Gasteiger partial charge >= 0.3 is 5.97 Å². The maximum atomic E-state index is 13.0. The molecule has 1 aliphatic rings. The summed E-state index contributed by atoms with van der Waals surface area (Å²) in [4.78, 5) is 40.7. The molecule has 144 valence electrons. The average Bonchev–Trinajstić information content (AvgIpc) is 3.06. The van der Waals surface area contributed by atoms with Crippen molar-refractivity contribution in [1.82, 2.24) is 0 Å². The Morgan fingerprint density at radius 2 is 2.11 bits per heavy atom. The predicted molar refractivity (Wildman–Crippen MR) is 104 cm³/mol. The summed E-state index contributed by atoms with van der Waals surface area (Å²) in [5, 5.41) is 3.78. The van der Waals surface area contributed by atoms with Crippen molar-refractivity contribution in [2.45, 2.75) is 18.6 Å². The molecule has 9 heteroatoms. The van der Waals surface area contributed by atoms with Crippen LogP contribution in [0, 0.1) is 5.92 Å². The normalized spacial score (nSPS) is 21.3. The fourth-order valence-electron chi connectivity index (χ4n) is 3.57. The molecule has 9 nitrogen and oxygen atoms in total. The molecule has 2 aromatic rings. The highest BCUT2D eigenvalue weighted by Crippen LogP contribution is 2.38. The highest BCUT2D eigenvalue weighted by atomic mass is 16.5. The van der Waals surface area contributed by atoms with Crippen molar-refractivity contribution in [3.63, 3.8) is 0 Å². The van der Waals surface area contributed by atoms with Crippen molar-refractivity contribution >= 4 is 17.3 Å². The predicted octanol–water partition coefficient (Wildman–Crippen LogP) is 1.67. The van der Waals surface area contributed by atoms with Crippen LogP contribution in [-0.2, 0) is 16.1 Å². The third-order valence-corrected chi connectivity index (χ3v) is 5.03. The van der Waals surface area contributed by atoms with Gasteiger partial charge < -0.3 is 15.4 Å². The lowest BCUT2D eigenvalue weighted by atomic mass is 9.85. The van der Waals surface area contributed by atoms with Crippen LogP contribution in [0.25, 0.3) is 10.4 Å². The van der Waals surface area contributed by atoms with Gasteiger partial charge in [-0.3, -0.25) is 14.4 Å². The Labute approximate surface area is 160 Å². The van der Waals surface area contributed by atoms with Gasteiger partial charge in [-0.1, -0.05) is 41.5 Å². The van der Waals surface area contributed by atoms with Crippen molar-refractivity contribution < 1.29 is 9.53 Å². The summed E-state index contributed by atoms with van der Waals surface area (Å²) in [7, 11) is 0. The summed E-state index contributed by atoms with van der Waals surface area (Å²) in [5.74, 6) is -1.17. The van der Waals surface area contributed by atoms with Gasteiger partial charge in [0, 0.05) is 23.9 Å². The molecule has 1 fully saturated rings. The molecule has 28 heavy (non-hydrogen) atoms. The minimum atomic E-state index is -1.55. The van der Waals surface area contributed by atoms with Crippen molar-refractivity contribution in [2.24, 2.45) is 11.0 Å². The molecule has 0 unspecified atom stereocenters. The third kappa shape index (κ3) is 3.12. The van der Waals surface area contributed by atoms with E-state index in [1.54, 1.807) is 18.2 Å². The number of azide groups is 1. The zero-order valence-corrected chi connectivity index (χ0v) is 15.1. The largest absolute Gasteiger partial charge is 0.460 e. The second-order valence-electron chi connectivity index (χ2n) is 6.70. The number of nitrogen functional groups attached to an aromatic ring is 1. The monoisotopic (exact) mass is 381 g/mol. The standard InChI is InChI=1S/C19H19N5O4/c1-2-6-13-9-24(15-14(20)16(25)17(15)26)11-19(13,22-23-21)18(27)28-10-12-7-4-3-5-8-12/h2-5,7-8,13H,1,6,9-11,20H2/t13-,19-/m0/s1. The number of ether oxygens (including phenoxy) is 1. The first-order valence-corrected chi connectivity index (χ1v) is 8.66. The van der Waals surface area contributed by atoms with Crippen molar-refractivity contribution in [3.05, 3.63) is 79.4 Å². The van der Waals surface area contributed by atoms with Gasteiger partial charge in [0.2, 0.25) is 0 Å². The number of carbonyl (C=O) groups excluding carboxylic acids is 1. The smallest absolute Gasteiger partial charge is 0.320 e. The second-order valence-corrected chi connectivity index (χ2v) is 6.70. The number of hydrogen-bond donors (Lipinski definition) is 1. The summed E-state index contributed by atoms with van der Waals surface area (Å²) in [6.45, 7) is 3.81. The lowest BCUT2D eigenvalue weighted by molar-refractivity contribution is -0.152. The Kier molecular flexibility index (Phi) is 5.19. The molecule has 0 saturated carbocycles. The Bertz CT molecular complexity index is 1020. The van der Waals surface area contributed by atoms with Gasteiger partial charge in [-0.05, 0) is 17.5 Å². The third-order valence-electron chi connectivity index (χ3n) is 5.03. The van der Waals surface area contributed by atoms with Gasteiger partial charge in [0.15, 0.2) is 5.54 Å². The van der Waals surface area contributed by atoms with Crippen molar-refractivity contribution in [3.8, 4) is 0 Å². The van der Waals surface area contributed by atoms with Gasteiger partial charge in [0.05, 0.1) is 0 Å². The molecular weight excluding hydrogens is 362 g/mol. The Morgan fingerprint density at radius 1 is 1.39 bits per heavy atom. The van der Waals surface area contributed by atoms with Gasteiger partial charge in [-0.15, -0.1) is 6.58 Å². The van der Waals surface area contributed by atoms with E-state index in [1.165, 1.54) is 4.90 Å². The molecule has 1 aliphatic heterocycles. The van der Waals surface area contributed by atoms with Crippen LogP contribution in [0.4, 0.5) is 11.4 Å². The maximum absolute atomic E-state index is 13.0. The van der Waals surface area contributed by atoms with Crippen LogP contribution in [0.1, 0.15) is 12.0 Å². The molecule has 0 bridgehead atoms. The first-order valence-electron chi connectivity index (χ1n) is 8.66. The zero-order valence-electron chi connectivity index (χ0n) is 15.1. The minimum absolute atomic E-state index is 0.0193. The van der Waals surface area contributed by atoms with Crippen LogP contribution < -0.4 is 21.5 Å². The Hall–Kier alpha value is -3.58. The molecule has 0 aromatic heterocycles. The number of benzene rings is 1. The number of carbonyl (C=O) groups is 1. The van der Waals surface area contributed by atoms with Crippen LogP contribution in [0.3, 0.4) is 0 Å². The van der Waals surface area contributed by atoms with Gasteiger partial charge in [0.1, 0.15) is 18.0 Å². The molecule has 0 aliphatic carbocycles. The van der Waals surface area contributed by atoms with E-state index in [1.807, 2.05) is 18.2 Å². The van der Waals surface area contributed by atoms with Gasteiger partial charge in [-0.25, -0.2) is 0 Å². The average molecular weight is 381 g/mol. The van der Waals surface area contributed by atoms with Crippen LogP contribution in [0.5, 0.6) is 0 Å². The fraction of sp³-hybridized carbons (Fsp3) is 0.316. The minimum Gasteiger partial charge on any atom is -0.460 e. The highest BCUT2D eigenvalue weighted by molar-refractivity contribution is 5.85. The van der Waals surface area contributed by atoms with E-state index in [0.717, 1.165) is 5.56 Å². The fourth-order valence-corrected chi connectivity index (χ4v) is 3.57. The topological polar surface area (TPSA) is 138 Å². The summed E-state index contributed by atoms with van der Waals surface area (Å²) in [5.41, 5.74) is 12.5. The molecule has 1 saturated heterocycles. The van der Waals surface area contributed by atoms with E-state index in [-0.39, 0.29) is 31.1 Å². The molecule has 1 heterocycles.